The number of carboxylic acids is 1. The zero-order valence-electron chi connectivity index (χ0n) is 13.0. The van der Waals surface area contributed by atoms with E-state index in [1.165, 1.54) is 4.90 Å². The number of hydrogen-bond donors (Lipinski definition) is 1. The molecule has 2 rings (SSSR count). The first-order valence-electron chi connectivity index (χ1n) is 7.32. The van der Waals surface area contributed by atoms with Crippen LogP contribution in [-0.2, 0) is 11.3 Å². The Morgan fingerprint density at radius 3 is 2.68 bits per heavy atom. The second-order valence-corrected chi connectivity index (χ2v) is 5.11. The first kappa shape index (κ1) is 15.9. The Morgan fingerprint density at radius 2 is 2.09 bits per heavy atom. The Hall–Kier alpha value is -2.44. The van der Waals surface area contributed by atoms with Gasteiger partial charge in [0.15, 0.2) is 5.65 Å². The number of fused-ring (bicyclic) bond motifs is 1. The minimum atomic E-state index is -1.02. The first-order chi connectivity index (χ1) is 10.5. The molecule has 2 aromatic heterocycles. The van der Waals surface area contributed by atoms with E-state index in [1.54, 1.807) is 23.9 Å². The number of nitrogens with zero attached hydrogens (tertiary/aromatic N) is 4. The molecule has 0 aliphatic carbocycles. The van der Waals surface area contributed by atoms with Crippen LogP contribution in [0.5, 0.6) is 0 Å². The van der Waals surface area contributed by atoms with Gasteiger partial charge in [-0.3, -0.25) is 9.59 Å². The summed E-state index contributed by atoms with van der Waals surface area (Å²) in [6, 6.07) is 1.74. The van der Waals surface area contributed by atoms with Crippen molar-refractivity contribution >= 4 is 22.9 Å². The van der Waals surface area contributed by atoms with Crippen LogP contribution < -0.4 is 0 Å². The van der Waals surface area contributed by atoms with Crippen molar-refractivity contribution in [1.82, 2.24) is 19.7 Å². The van der Waals surface area contributed by atoms with Gasteiger partial charge in [0.2, 0.25) is 0 Å². The lowest BCUT2D eigenvalue weighted by atomic mass is 10.1. The van der Waals surface area contributed by atoms with E-state index in [2.05, 4.69) is 10.1 Å². The van der Waals surface area contributed by atoms with Crippen molar-refractivity contribution in [1.29, 1.82) is 0 Å². The highest BCUT2D eigenvalue weighted by atomic mass is 16.4. The van der Waals surface area contributed by atoms with Gasteiger partial charge in [-0.25, -0.2) is 9.67 Å². The van der Waals surface area contributed by atoms with Crippen molar-refractivity contribution in [2.75, 3.05) is 13.1 Å². The summed E-state index contributed by atoms with van der Waals surface area (Å²) in [5.41, 5.74) is 1.74. The van der Waals surface area contributed by atoms with Gasteiger partial charge in [-0.05, 0) is 26.3 Å². The Balaban J connectivity index is 2.41. The van der Waals surface area contributed by atoms with E-state index in [1.807, 2.05) is 13.8 Å². The molecule has 2 heterocycles. The molecule has 22 heavy (non-hydrogen) atoms. The van der Waals surface area contributed by atoms with Crippen molar-refractivity contribution < 1.29 is 14.7 Å². The lowest BCUT2D eigenvalue weighted by molar-refractivity contribution is -0.137. The molecule has 0 aliphatic rings. The molecule has 0 fully saturated rings. The van der Waals surface area contributed by atoms with Crippen molar-refractivity contribution in [3.05, 3.63) is 23.5 Å². The average Bonchev–Trinajstić information content (AvgIpc) is 2.86. The molecule has 2 aromatic rings. The van der Waals surface area contributed by atoms with Crippen LogP contribution in [0.25, 0.3) is 11.0 Å². The van der Waals surface area contributed by atoms with E-state index in [-0.39, 0.29) is 12.5 Å². The molecule has 0 spiro atoms. The molecule has 0 atom stereocenters. The summed E-state index contributed by atoms with van der Waals surface area (Å²) in [7, 11) is 0. The van der Waals surface area contributed by atoms with Crippen molar-refractivity contribution in [2.45, 2.75) is 33.7 Å². The number of hydrogen-bond acceptors (Lipinski definition) is 4. The quantitative estimate of drug-likeness (QED) is 0.877. The molecule has 1 amide bonds. The smallest absolute Gasteiger partial charge is 0.323 e. The van der Waals surface area contributed by atoms with E-state index in [0.717, 1.165) is 11.0 Å². The number of amides is 1. The maximum Gasteiger partial charge on any atom is 0.323 e. The van der Waals surface area contributed by atoms with Crippen LogP contribution in [-0.4, -0.2) is 49.7 Å². The number of pyridine rings is 1. The summed E-state index contributed by atoms with van der Waals surface area (Å²) < 4.78 is 1.76. The van der Waals surface area contributed by atoms with Gasteiger partial charge < -0.3 is 10.0 Å². The summed E-state index contributed by atoms with van der Waals surface area (Å²) in [5.74, 6) is -1.33. The van der Waals surface area contributed by atoms with Crippen LogP contribution in [0.4, 0.5) is 0 Å². The summed E-state index contributed by atoms with van der Waals surface area (Å²) >= 11 is 0. The number of carbonyl (C=O) groups is 2. The van der Waals surface area contributed by atoms with Crippen LogP contribution in [0.15, 0.2) is 12.3 Å². The van der Waals surface area contributed by atoms with Crippen molar-refractivity contribution in [3.8, 4) is 0 Å². The highest BCUT2D eigenvalue weighted by Gasteiger charge is 2.21. The fraction of sp³-hybridized carbons (Fsp3) is 0.467. The van der Waals surface area contributed by atoms with Crippen LogP contribution in [0.1, 0.15) is 36.3 Å². The van der Waals surface area contributed by atoms with Gasteiger partial charge in [0.05, 0.1) is 17.5 Å². The Labute approximate surface area is 128 Å². The van der Waals surface area contributed by atoms with Crippen LogP contribution in [0, 0.1) is 6.92 Å². The maximum absolute atomic E-state index is 12.6. The van der Waals surface area contributed by atoms with E-state index in [9.17, 15) is 9.59 Å². The molecule has 0 saturated carbocycles. The van der Waals surface area contributed by atoms with E-state index < -0.39 is 5.97 Å². The summed E-state index contributed by atoms with van der Waals surface area (Å²) in [4.78, 5) is 29.3. The summed E-state index contributed by atoms with van der Waals surface area (Å²) in [6.07, 6.45) is 2.37. The fourth-order valence-corrected chi connectivity index (χ4v) is 2.40. The van der Waals surface area contributed by atoms with E-state index >= 15 is 0 Å². The van der Waals surface area contributed by atoms with Crippen LogP contribution >= 0.6 is 0 Å². The molecule has 1 N–H and O–H groups in total. The molecule has 0 aliphatic heterocycles. The molecule has 118 valence electrons. The largest absolute Gasteiger partial charge is 0.480 e. The Kier molecular flexibility index (Phi) is 4.75. The van der Waals surface area contributed by atoms with Crippen LogP contribution in [0.2, 0.25) is 0 Å². The van der Waals surface area contributed by atoms with Gasteiger partial charge in [-0.1, -0.05) is 6.92 Å². The number of carboxylic acid groups (broad SMARTS) is 1. The third kappa shape index (κ3) is 3.08. The minimum Gasteiger partial charge on any atom is -0.480 e. The van der Waals surface area contributed by atoms with Gasteiger partial charge in [-0.2, -0.15) is 5.10 Å². The third-order valence-electron chi connectivity index (χ3n) is 3.44. The molecule has 7 nitrogen and oxygen atoms in total. The maximum atomic E-state index is 12.6. The van der Waals surface area contributed by atoms with E-state index in [0.29, 0.717) is 30.8 Å². The van der Waals surface area contributed by atoms with Gasteiger partial charge >= 0.3 is 5.97 Å². The molecule has 0 radical (unpaired) electrons. The molecule has 0 saturated heterocycles. The van der Waals surface area contributed by atoms with Gasteiger partial charge in [-0.15, -0.1) is 0 Å². The normalized spacial score (nSPS) is 10.9. The number of aromatic nitrogens is 3. The van der Waals surface area contributed by atoms with E-state index in [4.69, 9.17) is 5.11 Å². The van der Waals surface area contributed by atoms with Crippen molar-refractivity contribution in [2.24, 2.45) is 0 Å². The highest BCUT2D eigenvalue weighted by Crippen LogP contribution is 2.18. The topological polar surface area (TPSA) is 88.3 Å². The molecule has 0 bridgehead atoms. The van der Waals surface area contributed by atoms with Crippen molar-refractivity contribution in [3.63, 3.8) is 0 Å². The lowest BCUT2D eigenvalue weighted by Gasteiger charge is -2.20. The zero-order valence-corrected chi connectivity index (χ0v) is 13.0. The third-order valence-corrected chi connectivity index (χ3v) is 3.44. The number of aliphatic carboxylic acids is 1. The Morgan fingerprint density at radius 1 is 1.36 bits per heavy atom. The van der Waals surface area contributed by atoms with Gasteiger partial charge in [0.1, 0.15) is 6.54 Å². The Bertz CT molecular complexity index is 708. The van der Waals surface area contributed by atoms with Gasteiger partial charge in [0.25, 0.3) is 5.91 Å². The monoisotopic (exact) mass is 304 g/mol. The summed E-state index contributed by atoms with van der Waals surface area (Å²) in [5, 5.41) is 14.0. The SMILES string of the molecule is CCCN(CC(=O)O)C(=O)c1cc2cnn(CC)c2nc1C. The zero-order chi connectivity index (χ0) is 16.3. The lowest BCUT2D eigenvalue weighted by Crippen LogP contribution is -2.36. The molecule has 0 aromatic carbocycles. The second kappa shape index (κ2) is 6.55. The molecular weight excluding hydrogens is 284 g/mol. The molecular formula is C15H20N4O3. The number of carbonyl (C=O) groups excluding carboxylic acids is 1. The number of aryl methyl sites for hydroxylation is 2. The second-order valence-electron chi connectivity index (χ2n) is 5.11. The molecule has 7 heteroatoms. The minimum absolute atomic E-state index is 0.305. The number of rotatable bonds is 6. The van der Waals surface area contributed by atoms with Gasteiger partial charge in [0, 0.05) is 18.5 Å². The van der Waals surface area contributed by atoms with Crippen LogP contribution in [0.3, 0.4) is 0 Å². The molecule has 0 unspecified atom stereocenters. The predicted octanol–water partition coefficient (Wildman–Crippen LogP) is 1.70. The predicted molar refractivity (Wildman–Crippen MR) is 81.8 cm³/mol. The first-order valence-corrected chi connectivity index (χ1v) is 7.32. The standard InChI is InChI=1S/C15H20N4O3/c1-4-6-18(9-13(20)21)15(22)12-7-11-8-16-19(5-2)14(11)17-10(12)3/h7-8H,4-6,9H2,1-3H3,(H,20,21). The average molecular weight is 304 g/mol. The summed E-state index contributed by atoms with van der Waals surface area (Å²) in [6.45, 7) is 6.42. The highest BCUT2D eigenvalue weighted by molar-refractivity contribution is 5.99. The fourth-order valence-electron chi connectivity index (χ4n) is 2.40.